The zero-order valence-corrected chi connectivity index (χ0v) is 9.58. The van der Waals surface area contributed by atoms with Crippen molar-refractivity contribution in [2.24, 2.45) is 5.73 Å². The van der Waals surface area contributed by atoms with Crippen LogP contribution in [0.1, 0.15) is 35.6 Å². The van der Waals surface area contributed by atoms with Crippen LogP contribution in [-0.4, -0.2) is 24.1 Å². The Bertz CT molecular complexity index is 383. The summed E-state index contributed by atoms with van der Waals surface area (Å²) in [6.45, 7) is 2.28. The molecule has 0 spiro atoms. The van der Waals surface area contributed by atoms with Gasteiger partial charge in [0.1, 0.15) is 0 Å². The van der Waals surface area contributed by atoms with Gasteiger partial charge in [-0.05, 0) is 49.4 Å². The maximum atomic E-state index is 5.96. The smallest absolute Gasteiger partial charge is 0.0451 e. The largest absolute Gasteiger partial charge is 0.327 e. The number of nitrogens with one attached hydrogen (secondary N) is 1. The number of hydrogen-bond donors (Lipinski definition) is 2. The van der Waals surface area contributed by atoms with Crippen LogP contribution >= 0.6 is 0 Å². The molecule has 3 rings (SSSR count). The second-order valence-corrected chi connectivity index (χ2v) is 5.07. The summed E-state index contributed by atoms with van der Waals surface area (Å²) < 4.78 is 0. The van der Waals surface area contributed by atoms with Crippen LogP contribution < -0.4 is 11.1 Å². The lowest BCUT2D eigenvalue weighted by atomic mass is 9.90. The van der Waals surface area contributed by atoms with Crippen LogP contribution in [0.2, 0.25) is 0 Å². The third-order valence-corrected chi connectivity index (χ3v) is 3.83. The number of aromatic nitrogens is 1. The summed E-state index contributed by atoms with van der Waals surface area (Å²) in [6.07, 6.45) is 6.54. The molecule has 0 bridgehead atoms. The molecule has 1 aromatic rings. The van der Waals surface area contributed by atoms with E-state index in [1.807, 2.05) is 0 Å². The van der Waals surface area contributed by atoms with Crippen molar-refractivity contribution in [2.75, 3.05) is 13.1 Å². The fourth-order valence-corrected chi connectivity index (χ4v) is 2.90. The fraction of sp³-hybridized carbons (Fsp3) is 0.615. The Balaban J connectivity index is 1.84. The number of nitrogens with two attached hydrogens (primary N) is 1. The van der Waals surface area contributed by atoms with E-state index in [1.54, 1.807) is 0 Å². The van der Waals surface area contributed by atoms with Crippen LogP contribution in [-0.2, 0) is 12.8 Å². The van der Waals surface area contributed by atoms with Gasteiger partial charge in [0.2, 0.25) is 0 Å². The van der Waals surface area contributed by atoms with Gasteiger partial charge in [-0.25, -0.2) is 0 Å². The van der Waals surface area contributed by atoms with Gasteiger partial charge in [0.25, 0.3) is 0 Å². The first-order chi connectivity index (χ1) is 7.83. The van der Waals surface area contributed by atoms with E-state index in [0.29, 0.717) is 12.0 Å². The van der Waals surface area contributed by atoms with Gasteiger partial charge in [0.15, 0.2) is 0 Å². The van der Waals surface area contributed by atoms with Crippen molar-refractivity contribution in [3.05, 3.63) is 29.1 Å². The van der Waals surface area contributed by atoms with Crippen molar-refractivity contribution >= 4 is 0 Å². The van der Waals surface area contributed by atoms with Gasteiger partial charge >= 0.3 is 0 Å². The standard InChI is InChI=1S/C13H19N3/c14-12-6-10-5-11(8-16-13(10)7-12)9-1-3-15-4-2-9/h5,8-9,12,15H,1-4,6-7,14H2. The van der Waals surface area contributed by atoms with E-state index in [9.17, 15) is 0 Å². The predicted octanol–water partition coefficient (Wildman–Crippen LogP) is 0.974. The van der Waals surface area contributed by atoms with Crippen molar-refractivity contribution < 1.29 is 0 Å². The minimum absolute atomic E-state index is 0.297. The molecular formula is C13H19N3. The van der Waals surface area contributed by atoms with E-state index in [-0.39, 0.29) is 0 Å². The highest BCUT2D eigenvalue weighted by Gasteiger charge is 2.22. The van der Waals surface area contributed by atoms with Gasteiger partial charge in [-0.15, -0.1) is 0 Å². The first kappa shape index (κ1) is 10.2. The average Bonchev–Trinajstić information content (AvgIpc) is 2.69. The van der Waals surface area contributed by atoms with E-state index in [0.717, 1.165) is 25.9 Å². The highest BCUT2D eigenvalue weighted by Crippen LogP contribution is 2.28. The van der Waals surface area contributed by atoms with Crippen molar-refractivity contribution in [1.82, 2.24) is 10.3 Å². The zero-order chi connectivity index (χ0) is 11.0. The quantitative estimate of drug-likeness (QED) is 0.737. The van der Waals surface area contributed by atoms with E-state index in [4.69, 9.17) is 5.73 Å². The first-order valence-corrected chi connectivity index (χ1v) is 6.27. The van der Waals surface area contributed by atoms with E-state index >= 15 is 0 Å². The molecule has 1 aromatic heterocycles. The van der Waals surface area contributed by atoms with Gasteiger partial charge in [-0.1, -0.05) is 6.07 Å². The number of hydrogen-bond acceptors (Lipinski definition) is 3. The normalized spacial score (nSPS) is 25.7. The molecule has 0 saturated carbocycles. The van der Waals surface area contributed by atoms with E-state index < -0.39 is 0 Å². The Morgan fingerprint density at radius 2 is 2.06 bits per heavy atom. The van der Waals surface area contributed by atoms with Crippen LogP contribution in [0, 0.1) is 0 Å². The van der Waals surface area contributed by atoms with E-state index in [2.05, 4.69) is 22.6 Å². The summed E-state index contributed by atoms with van der Waals surface area (Å²) in [5.74, 6) is 0.705. The highest BCUT2D eigenvalue weighted by molar-refractivity contribution is 5.32. The van der Waals surface area contributed by atoms with E-state index in [1.165, 1.54) is 29.7 Å². The van der Waals surface area contributed by atoms with Crippen LogP contribution in [0.5, 0.6) is 0 Å². The van der Waals surface area contributed by atoms with Gasteiger partial charge in [0, 0.05) is 24.4 Å². The van der Waals surface area contributed by atoms with Crippen molar-refractivity contribution in [3.8, 4) is 0 Å². The molecule has 2 aliphatic rings. The lowest BCUT2D eigenvalue weighted by Crippen LogP contribution is -2.26. The summed E-state index contributed by atoms with van der Waals surface area (Å²) in [7, 11) is 0. The Hall–Kier alpha value is -0.930. The summed E-state index contributed by atoms with van der Waals surface area (Å²) in [5, 5.41) is 3.40. The molecule has 1 atom stereocenters. The molecule has 1 unspecified atom stereocenters. The molecule has 2 heterocycles. The fourth-order valence-electron chi connectivity index (χ4n) is 2.90. The molecule has 16 heavy (non-hydrogen) atoms. The second-order valence-electron chi connectivity index (χ2n) is 5.07. The molecule has 1 saturated heterocycles. The molecule has 3 N–H and O–H groups in total. The summed E-state index contributed by atoms with van der Waals surface area (Å²) in [4.78, 5) is 4.58. The third kappa shape index (κ3) is 1.85. The highest BCUT2D eigenvalue weighted by atomic mass is 14.9. The van der Waals surface area contributed by atoms with Crippen molar-refractivity contribution in [3.63, 3.8) is 0 Å². The van der Waals surface area contributed by atoms with Gasteiger partial charge < -0.3 is 11.1 Å². The van der Waals surface area contributed by atoms with Crippen molar-refractivity contribution in [2.45, 2.75) is 37.6 Å². The Labute approximate surface area is 96.4 Å². The third-order valence-electron chi connectivity index (χ3n) is 3.83. The number of rotatable bonds is 1. The topological polar surface area (TPSA) is 50.9 Å². The van der Waals surface area contributed by atoms with Crippen LogP contribution in [0.4, 0.5) is 0 Å². The molecule has 1 aliphatic carbocycles. The minimum atomic E-state index is 0.297. The number of fused-ring (bicyclic) bond motifs is 1. The first-order valence-electron chi connectivity index (χ1n) is 6.27. The maximum Gasteiger partial charge on any atom is 0.0451 e. The molecular weight excluding hydrogens is 198 g/mol. The monoisotopic (exact) mass is 217 g/mol. The van der Waals surface area contributed by atoms with Crippen LogP contribution in [0.25, 0.3) is 0 Å². The Morgan fingerprint density at radius 3 is 2.88 bits per heavy atom. The number of pyridine rings is 1. The van der Waals surface area contributed by atoms with Gasteiger partial charge in [-0.3, -0.25) is 4.98 Å². The molecule has 0 aromatic carbocycles. The number of nitrogens with zero attached hydrogens (tertiary/aromatic N) is 1. The van der Waals surface area contributed by atoms with Gasteiger partial charge in [-0.2, -0.15) is 0 Å². The zero-order valence-electron chi connectivity index (χ0n) is 9.58. The molecule has 1 aliphatic heterocycles. The van der Waals surface area contributed by atoms with Gasteiger partial charge in [0.05, 0.1) is 0 Å². The minimum Gasteiger partial charge on any atom is -0.327 e. The Morgan fingerprint density at radius 1 is 1.25 bits per heavy atom. The molecule has 1 fully saturated rings. The number of piperidine rings is 1. The molecule has 86 valence electrons. The van der Waals surface area contributed by atoms with Crippen LogP contribution in [0.15, 0.2) is 12.3 Å². The summed E-state index contributed by atoms with van der Waals surface area (Å²) in [6, 6.07) is 2.65. The lowest BCUT2D eigenvalue weighted by molar-refractivity contribution is 0.459. The second kappa shape index (κ2) is 4.15. The summed E-state index contributed by atoms with van der Waals surface area (Å²) >= 11 is 0. The summed E-state index contributed by atoms with van der Waals surface area (Å²) in [5.41, 5.74) is 10.0. The molecule has 3 heteroatoms. The van der Waals surface area contributed by atoms with Crippen molar-refractivity contribution in [1.29, 1.82) is 0 Å². The molecule has 3 nitrogen and oxygen atoms in total. The predicted molar refractivity (Wildman–Crippen MR) is 64.5 cm³/mol. The SMILES string of the molecule is NC1Cc2cc(C3CCNCC3)cnc2C1. The Kier molecular flexibility index (Phi) is 2.65. The average molecular weight is 217 g/mol. The molecule has 0 amide bonds. The van der Waals surface area contributed by atoms with Crippen LogP contribution in [0.3, 0.4) is 0 Å². The maximum absolute atomic E-state index is 5.96. The molecule has 0 radical (unpaired) electrons. The lowest BCUT2D eigenvalue weighted by Gasteiger charge is -2.23.